The molecule has 0 saturated carbocycles. The lowest BCUT2D eigenvalue weighted by molar-refractivity contribution is -0.137. The van der Waals surface area contributed by atoms with E-state index in [4.69, 9.17) is 5.73 Å². The zero-order valence-electron chi connectivity index (χ0n) is 12.3. The van der Waals surface area contributed by atoms with E-state index in [9.17, 15) is 13.2 Å². The van der Waals surface area contributed by atoms with Gasteiger partial charge in [-0.1, -0.05) is 13.8 Å². The molecule has 3 N–H and O–H groups in total. The minimum atomic E-state index is -4.37. The van der Waals surface area contributed by atoms with Gasteiger partial charge in [0.25, 0.3) is 0 Å². The van der Waals surface area contributed by atoms with E-state index in [1.54, 1.807) is 0 Å². The van der Waals surface area contributed by atoms with Gasteiger partial charge >= 0.3 is 6.18 Å². The van der Waals surface area contributed by atoms with Crippen molar-refractivity contribution >= 4 is 11.4 Å². The second kappa shape index (κ2) is 6.35. The van der Waals surface area contributed by atoms with Crippen molar-refractivity contribution in [3.8, 4) is 0 Å². The molecule has 0 aliphatic carbocycles. The Balaban J connectivity index is 2.91. The molecule has 0 heterocycles. The van der Waals surface area contributed by atoms with Crippen molar-refractivity contribution in [1.82, 2.24) is 4.90 Å². The molecule has 0 radical (unpaired) electrons. The average molecular weight is 289 g/mol. The molecule has 0 spiro atoms. The Morgan fingerprint density at radius 2 is 1.85 bits per heavy atom. The highest BCUT2D eigenvalue weighted by Crippen LogP contribution is 2.33. The van der Waals surface area contributed by atoms with Crippen molar-refractivity contribution in [1.29, 1.82) is 0 Å². The molecule has 1 rings (SSSR count). The monoisotopic (exact) mass is 289 g/mol. The molecule has 0 aliphatic heterocycles. The molecule has 1 aromatic rings. The first-order valence-corrected chi connectivity index (χ1v) is 6.49. The van der Waals surface area contributed by atoms with Crippen molar-refractivity contribution < 1.29 is 13.2 Å². The predicted molar refractivity (Wildman–Crippen MR) is 76.7 cm³/mol. The van der Waals surface area contributed by atoms with Crippen LogP contribution in [-0.2, 0) is 6.18 Å². The third-order valence-electron chi connectivity index (χ3n) is 3.09. The summed E-state index contributed by atoms with van der Waals surface area (Å²) in [7, 11) is 3.90. The number of nitrogen functional groups attached to an aromatic ring is 1. The molecule has 1 aromatic carbocycles. The standard InChI is InChI=1S/C14H22F3N3/c1-9(2)13(8-20(3)4)19-12-6-5-10(7-11(12)18)14(15,16)17/h5-7,9,13,19H,8,18H2,1-4H3. The van der Waals surface area contributed by atoms with Crippen molar-refractivity contribution in [3.63, 3.8) is 0 Å². The Kier molecular flexibility index (Phi) is 5.28. The fraction of sp³-hybridized carbons (Fsp3) is 0.571. The lowest BCUT2D eigenvalue weighted by Crippen LogP contribution is -2.36. The van der Waals surface area contributed by atoms with Gasteiger partial charge in [0.2, 0.25) is 0 Å². The van der Waals surface area contributed by atoms with Gasteiger partial charge in [-0.05, 0) is 38.2 Å². The number of likely N-dealkylation sites (N-methyl/N-ethyl adjacent to an activating group) is 1. The van der Waals surface area contributed by atoms with Gasteiger partial charge in [-0.15, -0.1) is 0 Å². The zero-order chi connectivity index (χ0) is 15.5. The van der Waals surface area contributed by atoms with Gasteiger partial charge in [0.05, 0.1) is 16.9 Å². The largest absolute Gasteiger partial charge is 0.416 e. The van der Waals surface area contributed by atoms with E-state index >= 15 is 0 Å². The smallest absolute Gasteiger partial charge is 0.397 e. The summed E-state index contributed by atoms with van der Waals surface area (Å²) in [6, 6.07) is 3.52. The third-order valence-corrected chi connectivity index (χ3v) is 3.09. The fourth-order valence-corrected chi connectivity index (χ4v) is 1.89. The quantitative estimate of drug-likeness (QED) is 0.817. The summed E-state index contributed by atoms with van der Waals surface area (Å²) >= 11 is 0. The summed E-state index contributed by atoms with van der Waals surface area (Å²) in [5, 5.41) is 3.22. The SMILES string of the molecule is CC(C)C(CN(C)C)Nc1ccc(C(F)(F)F)cc1N. The minimum Gasteiger partial charge on any atom is -0.397 e. The van der Waals surface area contributed by atoms with Crippen LogP contribution in [0.3, 0.4) is 0 Å². The fourth-order valence-electron chi connectivity index (χ4n) is 1.89. The Labute approximate surface area is 117 Å². The average Bonchev–Trinajstić information content (AvgIpc) is 2.28. The van der Waals surface area contributed by atoms with E-state index in [1.807, 2.05) is 19.0 Å². The number of alkyl halides is 3. The van der Waals surface area contributed by atoms with Gasteiger partial charge in [-0.3, -0.25) is 0 Å². The molecule has 1 atom stereocenters. The first kappa shape index (κ1) is 16.6. The van der Waals surface area contributed by atoms with E-state index in [1.165, 1.54) is 6.07 Å². The summed E-state index contributed by atoms with van der Waals surface area (Å²) in [5.41, 5.74) is 5.65. The number of hydrogen-bond donors (Lipinski definition) is 2. The van der Waals surface area contributed by atoms with Gasteiger partial charge in [0.15, 0.2) is 0 Å². The maximum absolute atomic E-state index is 12.6. The van der Waals surface area contributed by atoms with Crippen LogP contribution in [-0.4, -0.2) is 31.6 Å². The summed E-state index contributed by atoms with van der Waals surface area (Å²) in [4.78, 5) is 2.03. The van der Waals surface area contributed by atoms with Crippen LogP contribution in [0.25, 0.3) is 0 Å². The van der Waals surface area contributed by atoms with E-state index in [0.29, 0.717) is 11.6 Å². The molecule has 1 unspecified atom stereocenters. The summed E-state index contributed by atoms with van der Waals surface area (Å²) in [6.45, 7) is 4.89. The molecule has 0 aliphatic rings. The van der Waals surface area contributed by atoms with E-state index in [2.05, 4.69) is 19.2 Å². The summed E-state index contributed by atoms with van der Waals surface area (Å²) < 4.78 is 37.7. The van der Waals surface area contributed by atoms with Gasteiger partial charge < -0.3 is 16.0 Å². The number of anilines is 2. The molecule has 0 bridgehead atoms. The third kappa shape index (κ3) is 4.59. The highest BCUT2D eigenvalue weighted by atomic mass is 19.4. The number of nitrogens with two attached hydrogens (primary N) is 1. The minimum absolute atomic E-state index is 0.115. The molecule has 0 saturated heterocycles. The van der Waals surface area contributed by atoms with Crippen LogP contribution < -0.4 is 11.1 Å². The number of nitrogens with zero attached hydrogens (tertiary/aromatic N) is 1. The van der Waals surface area contributed by atoms with E-state index < -0.39 is 11.7 Å². The number of hydrogen-bond acceptors (Lipinski definition) is 3. The Morgan fingerprint density at radius 1 is 1.25 bits per heavy atom. The van der Waals surface area contributed by atoms with E-state index in [0.717, 1.165) is 18.7 Å². The zero-order valence-corrected chi connectivity index (χ0v) is 12.3. The molecule has 3 nitrogen and oxygen atoms in total. The van der Waals surface area contributed by atoms with Crippen LogP contribution >= 0.6 is 0 Å². The van der Waals surface area contributed by atoms with Crippen molar-refractivity contribution in [3.05, 3.63) is 23.8 Å². The molecule has 6 heteroatoms. The molecule has 20 heavy (non-hydrogen) atoms. The van der Waals surface area contributed by atoms with Crippen LogP contribution in [0.15, 0.2) is 18.2 Å². The molecule has 0 amide bonds. The van der Waals surface area contributed by atoms with Gasteiger partial charge in [0.1, 0.15) is 0 Å². The molecule has 0 aromatic heterocycles. The summed E-state index contributed by atoms with van der Waals surface area (Å²) in [5.74, 6) is 0.332. The van der Waals surface area contributed by atoms with Crippen molar-refractivity contribution in [2.45, 2.75) is 26.1 Å². The van der Waals surface area contributed by atoms with E-state index in [-0.39, 0.29) is 11.7 Å². The summed E-state index contributed by atoms with van der Waals surface area (Å²) in [6.07, 6.45) is -4.37. The normalized spacial score (nSPS) is 13.8. The highest BCUT2D eigenvalue weighted by molar-refractivity contribution is 5.67. The van der Waals surface area contributed by atoms with Gasteiger partial charge in [-0.25, -0.2) is 0 Å². The second-order valence-electron chi connectivity index (χ2n) is 5.56. The second-order valence-corrected chi connectivity index (χ2v) is 5.56. The van der Waals surface area contributed by atoms with Gasteiger partial charge in [0, 0.05) is 12.6 Å². The molecule has 114 valence electrons. The predicted octanol–water partition coefficient (Wildman–Crippen LogP) is 3.29. The highest BCUT2D eigenvalue weighted by Gasteiger charge is 2.31. The number of halogens is 3. The molecular formula is C14H22F3N3. The number of nitrogens with one attached hydrogen (secondary N) is 1. The maximum Gasteiger partial charge on any atom is 0.416 e. The van der Waals surface area contributed by atoms with Crippen LogP contribution in [0.4, 0.5) is 24.5 Å². The maximum atomic E-state index is 12.6. The Bertz CT molecular complexity index is 442. The Hall–Kier alpha value is -1.43. The topological polar surface area (TPSA) is 41.3 Å². The lowest BCUT2D eigenvalue weighted by atomic mass is 10.0. The van der Waals surface area contributed by atoms with Gasteiger partial charge in [-0.2, -0.15) is 13.2 Å². The van der Waals surface area contributed by atoms with Crippen LogP contribution in [0.1, 0.15) is 19.4 Å². The van der Waals surface area contributed by atoms with Crippen molar-refractivity contribution in [2.75, 3.05) is 31.7 Å². The van der Waals surface area contributed by atoms with Crippen LogP contribution in [0, 0.1) is 5.92 Å². The molecule has 0 fully saturated rings. The van der Waals surface area contributed by atoms with Crippen LogP contribution in [0.2, 0.25) is 0 Å². The van der Waals surface area contributed by atoms with Crippen LogP contribution in [0.5, 0.6) is 0 Å². The van der Waals surface area contributed by atoms with Crippen molar-refractivity contribution in [2.24, 2.45) is 5.92 Å². The number of benzene rings is 1. The first-order chi connectivity index (χ1) is 9.11. The number of rotatable bonds is 5. The first-order valence-electron chi connectivity index (χ1n) is 6.49. The Morgan fingerprint density at radius 3 is 2.25 bits per heavy atom. The lowest BCUT2D eigenvalue weighted by Gasteiger charge is -2.27. The molecular weight excluding hydrogens is 267 g/mol.